The minimum atomic E-state index is -0.832. The molecule has 0 spiro atoms. The number of ketones is 1. The predicted octanol–water partition coefficient (Wildman–Crippen LogP) is 3.33. The van der Waals surface area contributed by atoms with Gasteiger partial charge in [0.25, 0.3) is 11.7 Å². The van der Waals surface area contributed by atoms with Gasteiger partial charge in [-0.25, -0.2) is 0 Å². The average molecular weight is 511 g/mol. The molecule has 1 amide bonds. The van der Waals surface area contributed by atoms with E-state index >= 15 is 0 Å². The molecule has 2 aliphatic heterocycles. The highest BCUT2D eigenvalue weighted by atomic mass is 16.5. The molecule has 2 aromatic rings. The van der Waals surface area contributed by atoms with E-state index in [-0.39, 0.29) is 23.0 Å². The lowest BCUT2D eigenvalue weighted by molar-refractivity contribution is -0.140. The van der Waals surface area contributed by atoms with Gasteiger partial charge in [-0.15, -0.1) is 0 Å². The van der Waals surface area contributed by atoms with Crippen LogP contribution in [0.4, 0.5) is 0 Å². The van der Waals surface area contributed by atoms with E-state index in [0.717, 1.165) is 19.6 Å². The van der Waals surface area contributed by atoms with Gasteiger partial charge in [0.05, 0.1) is 43.6 Å². The summed E-state index contributed by atoms with van der Waals surface area (Å²) in [5.74, 6) is -1.18. The number of carbonyl (C=O) groups excluding carboxylic acids is 2. The van der Waals surface area contributed by atoms with Crippen molar-refractivity contribution in [1.82, 2.24) is 9.80 Å². The van der Waals surface area contributed by atoms with E-state index in [0.29, 0.717) is 43.2 Å². The van der Waals surface area contributed by atoms with Gasteiger partial charge in [0, 0.05) is 32.2 Å². The van der Waals surface area contributed by atoms with Gasteiger partial charge in [-0.1, -0.05) is 12.1 Å². The van der Waals surface area contributed by atoms with Crippen molar-refractivity contribution in [1.29, 1.82) is 0 Å². The Morgan fingerprint density at radius 3 is 2.51 bits per heavy atom. The standard InChI is InChI=1S/C28H34N2O7/c1-18(2)37-21-7-4-6-19(16-21)25-24(26(32)22-9-8-20(35-3)17-23(22)31)27(33)28(34)30(25)11-5-10-29-12-14-36-15-13-29/h4,6-9,16-18,25,31-32H,5,10-15H2,1-3H3/t25-/m0/s1. The largest absolute Gasteiger partial charge is 0.507 e. The van der Waals surface area contributed by atoms with Gasteiger partial charge < -0.3 is 29.3 Å². The molecular formula is C28H34N2O7. The number of hydrogen-bond acceptors (Lipinski definition) is 8. The molecule has 0 unspecified atom stereocenters. The van der Waals surface area contributed by atoms with Crippen molar-refractivity contribution in [3.8, 4) is 17.2 Å². The first-order valence-electron chi connectivity index (χ1n) is 12.5. The Balaban J connectivity index is 1.72. The van der Waals surface area contributed by atoms with Crippen LogP contribution >= 0.6 is 0 Å². The molecule has 1 atom stereocenters. The number of aliphatic hydroxyl groups is 1. The minimum absolute atomic E-state index is 0.0479. The molecule has 198 valence electrons. The molecule has 4 rings (SSSR count). The highest BCUT2D eigenvalue weighted by Gasteiger charge is 2.46. The maximum atomic E-state index is 13.3. The SMILES string of the molecule is COc1ccc(C(O)=C2C(=O)C(=O)N(CCCN3CCOCC3)[C@H]2c2cccc(OC(C)C)c2)c(O)c1. The van der Waals surface area contributed by atoms with Gasteiger partial charge in [0.1, 0.15) is 23.0 Å². The summed E-state index contributed by atoms with van der Waals surface area (Å²) in [6.45, 7) is 7.92. The van der Waals surface area contributed by atoms with Crippen molar-refractivity contribution < 1.29 is 34.0 Å². The van der Waals surface area contributed by atoms with E-state index in [2.05, 4.69) is 4.90 Å². The van der Waals surface area contributed by atoms with Crippen molar-refractivity contribution in [3.63, 3.8) is 0 Å². The molecule has 9 nitrogen and oxygen atoms in total. The molecule has 0 radical (unpaired) electrons. The Hall–Kier alpha value is -3.56. The second-order valence-electron chi connectivity index (χ2n) is 9.42. The Morgan fingerprint density at radius 1 is 1.08 bits per heavy atom. The number of hydrogen-bond donors (Lipinski definition) is 2. The summed E-state index contributed by atoms with van der Waals surface area (Å²) in [7, 11) is 1.46. The molecular weight excluding hydrogens is 476 g/mol. The van der Waals surface area contributed by atoms with Crippen molar-refractivity contribution in [2.75, 3.05) is 46.5 Å². The van der Waals surface area contributed by atoms with Crippen molar-refractivity contribution in [2.45, 2.75) is 32.4 Å². The number of amides is 1. The Kier molecular flexibility index (Phi) is 8.35. The number of morpholine rings is 1. The van der Waals surface area contributed by atoms with Crippen molar-refractivity contribution >= 4 is 17.4 Å². The van der Waals surface area contributed by atoms with Gasteiger partial charge in [0.2, 0.25) is 0 Å². The van der Waals surface area contributed by atoms with Gasteiger partial charge in [-0.2, -0.15) is 0 Å². The number of aliphatic hydroxyl groups excluding tert-OH is 1. The zero-order valence-electron chi connectivity index (χ0n) is 21.5. The minimum Gasteiger partial charge on any atom is -0.507 e. The van der Waals surface area contributed by atoms with Gasteiger partial charge in [-0.05, 0) is 50.1 Å². The third-order valence-corrected chi connectivity index (χ3v) is 6.52. The number of Topliss-reactive ketones (excluding diaryl/α,β-unsaturated/α-hetero) is 1. The van der Waals surface area contributed by atoms with Crippen LogP contribution in [0.1, 0.15) is 37.4 Å². The van der Waals surface area contributed by atoms with Crippen molar-refractivity contribution in [3.05, 3.63) is 59.2 Å². The Morgan fingerprint density at radius 2 is 1.84 bits per heavy atom. The summed E-state index contributed by atoms with van der Waals surface area (Å²) in [6.07, 6.45) is 0.589. The van der Waals surface area contributed by atoms with Crippen molar-refractivity contribution in [2.24, 2.45) is 0 Å². The predicted molar refractivity (Wildman–Crippen MR) is 138 cm³/mol. The number of phenols is 1. The molecule has 2 heterocycles. The maximum Gasteiger partial charge on any atom is 0.295 e. The number of carbonyl (C=O) groups is 2. The number of rotatable bonds is 9. The highest BCUT2D eigenvalue weighted by Crippen LogP contribution is 2.42. The second-order valence-corrected chi connectivity index (χ2v) is 9.42. The first-order chi connectivity index (χ1) is 17.8. The molecule has 2 aliphatic rings. The quantitative estimate of drug-likeness (QED) is 0.300. The van der Waals surface area contributed by atoms with E-state index in [1.165, 1.54) is 24.1 Å². The zero-order valence-corrected chi connectivity index (χ0v) is 21.5. The van der Waals surface area contributed by atoms with Crippen LogP contribution in [0.5, 0.6) is 17.2 Å². The molecule has 0 saturated carbocycles. The lowest BCUT2D eigenvalue weighted by atomic mass is 9.94. The van der Waals surface area contributed by atoms with Gasteiger partial charge >= 0.3 is 0 Å². The third kappa shape index (κ3) is 5.89. The number of ether oxygens (including phenoxy) is 3. The lowest BCUT2D eigenvalue weighted by Gasteiger charge is -2.29. The molecule has 37 heavy (non-hydrogen) atoms. The number of nitrogens with zero attached hydrogens (tertiary/aromatic N) is 2. The van der Waals surface area contributed by atoms with Crippen LogP contribution in [0.3, 0.4) is 0 Å². The molecule has 2 aromatic carbocycles. The van der Waals surface area contributed by atoms with Crippen LogP contribution in [0.2, 0.25) is 0 Å². The molecule has 2 saturated heterocycles. The summed E-state index contributed by atoms with van der Waals surface area (Å²) >= 11 is 0. The van der Waals surface area contributed by atoms with E-state index in [1.807, 2.05) is 19.9 Å². The fourth-order valence-corrected chi connectivity index (χ4v) is 4.76. The van der Waals surface area contributed by atoms with Crippen LogP contribution in [-0.4, -0.2) is 84.3 Å². The fraction of sp³-hybridized carbons (Fsp3) is 0.429. The molecule has 0 aromatic heterocycles. The maximum absolute atomic E-state index is 13.3. The Labute approximate surface area is 216 Å². The monoisotopic (exact) mass is 510 g/mol. The third-order valence-electron chi connectivity index (χ3n) is 6.52. The smallest absolute Gasteiger partial charge is 0.295 e. The lowest BCUT2D eigenvalue weighted by Crippen LogP contribution is -2.39. The van der Waals surface area contributed by atoms with Crippen LogP contribution < -0.4 is 9.47 Å². The zero-order chi connectivity index (χ0) is 26.5. The number of methoxy groups -OCH3 is 1. The number of phenolic OH excluding ortho intramolecular Hbond substituents is 1. The average Bonchev–Trinajstić information content (AvgIpc) is 3.13. The molecule has 2 N–H and O–H groups in total. The summed E-state index contributed by atoms with van der Waals surface area (Å²) in [5, 5.41) is 21.8. The van der Waals surface area contributed by atoms with E-state index < -0.39 is 23.5 Å². The van der Waals surface area contributed by atoms with Crippen LogP contribution in [-0.2, 0) is 14.3 Å². The molecule has 0 bridgehead atoms. The topological polar surface area (TPSA) is 109 Å². The number of benzene rings is 2. The number of likely N-dealkylation sites (tertiary alicyclic amines) is 1. The highest BCUT2D eigenvalue weighted by molar-refractivity contribution is 6.46. The van der Waals surface area contributed by atoms with Crippen LogP contribution in [0.25, 0.3) is 5.76 Å². The molecule has 0 aliphatic carbocycles. The first kappa shape index (κ1) is 26.5. The second kappa shape index (κ2) is 11.7. The Bertz CT molecular complexity index is 1170. The first-order valence-corrected chi connectivity index (χ1v) is 12.5. The number of aromatic hydroxyl groups is 1. The van der Waals surface area contributed by atoms with E-state index in [1.54, 1.807) is 24.3 Å². The fourth-order valence-electron chi connectivity index (χ4n) is 4.76. The van der Waals surface area contributed by atoms with Gasteiger partial charge in [-0.3, -0.25) is 14.5 Å². The van der Waals surface area contributed by atoms with Crippen LogP contribution in [0.15, 0.2) is 48.0 Å². The molecule has 9 heteroatoms. The summed E-state index contributed by atoms with van der Waals surface area (Å²) < 4.78 is 16.4. The molecule has 2 fully saturated rings. The summed E-state index contributed by atoms with van der Waals surface area (Å²) in [5.41, 5.74) is 0.614. The normalized spacial score (nSPS) is 20.0. The summed E-state index contributed by atoms with van der Waals surface area (Å²) in [6, 6.07) is 10.7. The summed E-state index contributed by atoms with van der Waals surface area (Å²) in [4.78, 5) is 30.3. The van der Waals surface area contributed by atoms with Gasteiger partial charge in [0.15, 0.2) is 0 Å². The van der Waals surface area contributed by atoms with E-state index in [9.17, 15) is 19.8 Å². The van der Waals surface area contributed by atoms with Crippen LogP contribution in [0, 0.1) is 0 Å². The van der Waals surface area contributed by atoms with E-state index in [4.69, 9.17) is 14.2 Å².